The summed E-state index contributed by atoms with van der Waals surface area (Å²) in [6.45, 7) is 0.685. The summed E-state index contributed by atoms with van der Waals surface area (Å²) in [5, 5.41) is 3.83. The number of aryl methyl sites for hydroxylation is 1. The Kier molecular flexibility index (Phi) is 5.43. The monoisotopic (exact) mass is 380 g/mol. The van der Waals surface area contributed by atoms with Gasteiger partial charge in [0.2, 0.25) is 5.82 Å². The summed E-state index contributed by atoms with van der Waals surface area (Å²) in [5.41, 5.74) is 0.904. The summed E-state index contributed by atoms with van der Waals surface area (Å²) < 4.78 is 62.0. The van der Waals surface area contributed by atoms with Crippen LogP contribution in [0.3, 0.4) is 0 Å². The summed E-state index contributed by atoms with van der Waals surface area (Å²) >= 11 is 0. The molecule has 0 atom stereocenters. The van der Waals surface area contributed by atoms with Crippen molar-refractivity contribution in [2.24, 2.45) is 0 Å². The van der Waals surface area contributed by atoms with Crippen LogP contribution in [0.1, 0.15) is 18.1 Å². The Balaban J connectivity index is 1.93. The smallest absolute Gasteiger partial charge is 0.419 e. The van der Waals surface area contributed by atoms with E-state index in [0.717, 1.165) is 24.1 Å². The molecule has 0 N–H and O–H groups in total. The average Bonchev–Trinajstić information content (AvgIpc) is 3.15. The molecule has 3 rings (SSSR count). The molecule has 0 aliphatic heterocycles. The van der Waals surface area contributed by atoms with Crippen LogP contribution in [0.25, 0.3) is 22.8 Å². The summed E-state index contributed by atoms with van der Waals surface area (Å²) in [6.07, 6.45) is -3.78. The largest absolute Gasteiger partial charge is 0.490 e. The average molecular weight is 380 g/mol. The van der Waals surface area contributed by atoms with Crippen molar-refractivity contribution in [3.05, 3.63) is 53.6 Å². The van der Waals surface area contributed by atoms with Crippen molar-refractivity contribution in [2.75, 3.05) is 13.3 Å². The number of hydrogen-bond donors (Lipinski definition) is 0. The maximum Gasteiger partial charge on any atom is 0.419 e. The molecule has 0 amide bonds. The second-order valence-electron chi connectivity index (χ2n) is 5.72. The molecule has 0 aliphatic rings. The van der Waals surface area contributed by atoms with Crippen molar-refractivity contribution in [1.82, 2.24) is 10.1 Å². The molecule has 3 aromatic rings. The normalized spacial score (nSPS) is 11.6. The van der Waals surface area contributed by atoms with E-state index in [1.165, 1.54) is 6.07 Å². The van der Waals surface area contributed by atoms with Crippen LogP contribution in [0.5, 0.6) is 5.75 Å². The predicted molar refractivity (Wildman–Crippen MR) is 91.0 cm³/mol. The van der Waals surface area contributed by atoms with Crippen molar-refractivity contribution >= 4 is 0 Å². The van der Waals surface area contributed by atoms with Crippen LogP contribution >= 0.6 is 0 Å². The molecule has 142 valence electrons. The molecule has 0 fully saturated rings. The third-order valence-corrected chi connectivity index (χ3v) is 3.91. The van der Waals surface area contributed by atoms with Crippen LogP contribution in [0.4, 0.5) is 17.6 Å². The van der Waals surface area contributed by atoms with Gasteiger partial charge < -0.3 is 9.26 Å². The fraction of sp³-hybridized carbons (Fsp3) is 0.263. The number of hydrogen-bond acceptors (Lipinski definition) is 4. The number of rotatable bonds is 6. The van der Waals surface area contributed by atoms with Gasteiger partial charge in [-0.1, -0.05) is 36.3 Å². The van der Waals surface area contributed by atoms with Gasteiger partial charge in [0.05, 0.1) is 5.56 Å². The lowest BCUT2D eigenvalue weighted by molar-refractivity contribution is -0.138. The van der Waals surface area contributed by atoms with Gasteiger partial charge in [0.15, 0.2) is 0 Å². The standard InChI is InChI=1S/C19H16F4N2O2/c1-2-12-3-5-13(6-4-12)17-24-18(27-25-17)14-7-8-16(26-10-9-20)15(11-14)19(21,22)23/h3-8,11H,2,9-10H2,1H3. The van der Waals surface area contributed by atoms with Crippen LogP contribution in [0.15, 0.2) is 47.0 Å². The lowest BCUT2D eigenvalue weighted by Crippen LogP contribution is -2.10. The zero-order valence-corrected chi connectivity index (χ0v) is 14.4. The van der Waals surface area contributed by atoms with E-state index in [2.05, 4.69) is 10.1 Å². The third kappa shape index (κ3) is 4.27. The number of alkyl halides is 4. The summed E-state index contributed by atoms with van der Waals surface area (Å²) in [6, 6.07) is 10.8. The number of aromatic nitrogens is 2. The third-order valence-electron chi connectivity index (χ3n) is 3.91. The fourth-order valence-electron chi connectivity index (χ4n) is 2.51. The Labute approximate surface area is 152 Å². The van der Waals surface area contributed by atoms with Gasteiger partial charge in [-0.15, -0.1) is 0 Å². The SMILES string of the molecule is CCc1ccc(-c2noc(-c3ccc(OCCF)c(C(F)(F)F)c3)n2)cc1. The number of halogens is 4. The summed E-state index contributed by atoms with van der Waals surface area (Å²) in [5.74, 6) is -0.218. The van der Waals surface area contributed by atoms with E-state index in [9.17, 15) is 17.6 Å². The van der Waals surface area contributed by atoms with Crippen molar-refractivity contribution in [1.29, 1.82) is 0 Å². The van der Waals surface area contributed by atoms with Gasteiger partial charge >= 0.3 is 6.18 Å². The van der Waals surface area contributed by atoms with Crippen molar-refractivity contribution in [2.45, 2.75) is 19.5 Å². The second-order valence-corrected chi connectivity index (χ2v) is 5.72. The minimum Gasteiger partial charge on any atom is -0.490 e. The first kappa shape index (κ1) is 18.9. The topological polar surface area (TPSA) is 48.2 Å². The molecule has 8 heteroatoms. The zero-order valence-electron chi connectivity index (χ0n) is 14.4. The van der Waals surface area contributed by atoms with E-state index in [1.807, 2.05) is 31.2 Å². The first-order chi connectivity index (χ1) is 12.9. The van der Waals surface area contributed by atoms with Gasteiger partial charge in [-0.2, -0.15) is 18.2 Å². The summed E-state index contributed by atoms with van der Waals surface area (Å²) in [4.78, 5) is 4.18. The summed E-state index contributed by atoms with van der Waals surface area (Å²) in [7, 11) is 0. The lowest BCUT2D eigenvalue weighted by Gasteiger charge is -2.13. The Morgan fingerprint density at radius 1 is 1.04 bits per heavy atom. The molecule has 0 unspecified atom stereocenters. The Hall–Kier alpha value is -2.90. The molecule has 0 radical (unpaired) electrons. The molecule has 1 aromatic heterocycles. The number of ether oxygens (including phenoxy) is 1. The molecule has 0 aliphatic carbocycles. The van der Waals surface area contributed by atoms with E-state index in [0.29, 0.717) is 5.56 Å². The molecular formula is C19H16F4N2O2. The zero-order chi connectivity index (χ0) is 19.4. The molecule has 0 saturated carbocycles. The highest BCUT2D eigenvalue weighted by Crippen LogP contribution is 2.38. The molecule has 27 heavy (non-hydrogen) atoms. The van der Waals surface area contributed by atoms with Gasteiger partial charge in [0.25, 0.3) is 5.89 Å². The second kappa shape index (κ2) is 7.77. The van der Waals surface area contributed by atoms with Crippen LogP contribution < -0.4 is 4.74 Å². The highest BCUT2D eigenvalue weighted by Gasteiger charge is 2.35. The molecule has 1 heterocycles. The van der Waals surface area contributed by atoms with Crippen LogP contribution in [-0.4, -0.2) is 23.4 Å². The molecule has 4 nitrogen and oxygen atoms in total. The van der Waals surface area contributed by atoms with Gasteiger partial charge in [-0.25, -0.2) is 4.39 Å². The molecule has 2 aromatic carbocycles. The molecule has 0 bridgehead atoms. The van der Waals surface area contributed by atoms with E-state index in [1.54, 1.807) is 0 Å². The predicted octanol–water partition coefficient (Wildman–Crippen LogP) is 5.33. The maximum absolute atomic E-state index is 13.3. The molecule has 0 saturated heterocycles. The van der Waals surface area contributed by atoms with Crippen molar-refractivity contribution in [3.63, 3.8) is 0 Å². The molecule has 0 spiro atoms. The maximum atomic E-state index is 13.3. The van der Waals surface area contributed by atoms with Gasteiger partial charge in [-0.3, -0.25) is 0 Å². The van der Waals surface area contributed by atoms with Crippen LogP contribution in [0.2, 0.25) is 0 Å². The van der Waals surface area contributed by atoms with E-state index in [-0.39, 0.29) is 17.3 Å². The van der Waals surface area contributed by atoms with Crippen molar-refractivity contribution < 1.29 is 26.8 Å². The minimum absolute atomic E-state index is 0.0490. The fourth-order valence-corrected chi connectivity index (χ4v) is 2.51. The minimum atomic E-state index is -4.67. The first-order valence-electron chi connectivity index (χ1n) is 8.25. The quantitative estimate of drug-likeness (QED) is 0.542. The van der Waals surface area contributed by atoms with Crippen molar-refractivity contribution in [3.8, 4) is 28.6 Å². The Bertz CT molecular complexity index is 905. The van der Waals surface area contributed by atoms with Crippen LogP contribution in [-0.2, 0) is 12.6 Å². The highest BCUT2D eigenvalue weighted by atomic mass is 19.4. The van der Waals surface area contributed by atoms with Gasteiger partial charge in [0.1, 0.15) is 19.0 Å². The lowest BCUT2D eigenvalue weighted by atomic mass is 10.1. The van der Waals surface area contributed by atoms with Crippen LogP contribution in [0, 0.1) is 0 Å². The van der Waals surface area contributed by atoms with E-state index >= 15 is 0 Å². The van der Waals surface area contributed by atoms with Gasteiger partial charge in [0, 0.05) is 11.1 Å². The van der Waals surface area contributed by atoms with E-state index in [4.69, 9.17) is 9.26 Å². The number of benzene rings is 2. The highest BCUT2D eigenvalue weighted by molar-refractivity contribution is 5.62. The Morgan fingerprint density at radius 2 is 1.74 bits per heavy atom. The van der Waals surface area contributed by atoms with E-state index < -0.39 is 30.8 Å². The van der Waals surface area contributed by atoms with Gasteiger partial charge in [-0.05, 0) is 30.2 Å². The number of nitrogens with zero attached hydrogens (tertiary/aromatic N) is 2. The Morgan fingerprint density at radius 3 is 2.37 bits per heavy atom. The first-order valence-corrected chi connectivity index (χ1v) is 8.25. The molecular weight excluding hydrogens is 364 g/mol.